The average molecular weight is 459 g/mol. The number of hydrogen-bond donors (Lipinski definition) is 2. The molecule has 0 spiro atoms. The lowest BCUT2D eigenvalue weighted by atomic mass is 10.0. The van der Waals surface area contributed by atoms with E-state index in [-0.39, 0.29) is 36.2 Å². The topological polar surface area (TPSA) is 78.5 Å². The summed E-state index contributed by atoms with van der Waals surface area (Å²) in [6.07, 6.45) is 0.776. The SMILES string of the molecule is CS(=O)(=O)NC1CCCN(C(=O)Nc2ccccc2-c2c(F)cccc2F)CC1(F)F. The van der Waals surface area contributed by atoms with Crippen molar-refractivity contribution in [3.05, 3.63) is 54.1 Å². The smallest absolute Gasteiger partial charge is 0.318 e. The maximum absolute atomic E-state index is 14.6. The van der Waals surface area contributed by atoms with Gasteiger partial charge in [-0.05, 0) is 31.0 Å². The van der Waals surface area contributed by atoms with Crippen LogP contribution in [-0.4, -0.2) is 50.7 Å². The third-order valence-corrected chi connectivity index (χ3v) is 5.59. The zero-order valence-corrected chi connectivity index (χ0v) is 17.4. The molecule has 1 aliphatic rings. The normalized spacial score (nSPS) is 19.0. The Hall–Kier alpha value is -2.66. The van der Waals surface area contributed by atoms with E-state index in [2.05, 4.69) is 5.32 Å². The van der Waals surface area contributed by atoms with Crippen molar-refractivity contribution in [2.75, 3.05) is 24.7 Å². The summed E-state index contributed by atoms with van der Waals surface area (Å²) in [5.74, 6) is -5.18. The highest BCUT2D eigenvalue weighted by Gasteiger charge is 2.45. The van der Waals surface area contributed by atoms with Gasteiger partial charge in [-0.3, -0.25) is 0 Å². The Morgan fingerprint density at radius 2 is 1.74 bits per heavy atom. The van der Waals surface area contributed by atoms with Gasteiger partial charge in [-0.15, -0.1) is 0 Å². The quantitative estimate of drug-likeness (QED) is 0.683. The molecule has 31 heavy (non-hydrogen) atoms. The van der Waals surface area contributed by atoms with Crippen molar-refractivity contribution in [3.8, 4) is 11.1 Å². The predicted molar refractivity (Wildman–Crippen MR) is 108 cm³/mol. The Labute approximate surface area is 177 Å². The average Bonchev–Trinajstić information content (AvgIpc) is 2.80. The number of nitrogens with one attached hydrogen (secondary N) is 2. The van der Waals surface area contributed by atoms with Gasteiger partial charge in [0, 0.05) is 12.1 Å². The molecule has 0 aliphatic carbocycles. The van der Waals surface area contributed by atoms with Crippen LogP contribution in [0.25, 0.3) is 11.1 Å². The number of alkyl halides is 2. The predicted octanol–water partition coefficient (Wildman–Crippen LogP) is 3.81. The molecule has 2 amide bonds. The van der Waals surface area contributed by atoms with Gasteiger partial charge in [0.25, 0.3) is 5.92 Å². The summed E-state index contributed by atoms with van der Waals surface area (Å²) in [6, 6.07) is 6.69. The van der Waals surface area contributed by atoms with Crippen molar-refractivity contribution in [2.24, 2.45) is 0 Å². The molecule has 168 valence electrons. The van der Waals surface area contributed by atoms with Crippen molar-refractivity contribution in [3.63, 3.8) is 0 Å². The molecule has 0 bridgehead atoms. The number of benzene rings is 2. The minimum absolute atomic E-state index is 0.0421. The van der Waals surface area contributed by atoms with Crippen LogP contribution in [0.2, 0.25) is 0 Å². The molecule has 11 heteroatoms. The van der Waals surface area contributed by atoms with Crippen LogP contribution in [0.15, 0.2) is 42.5 Å². The van der Waals surface area contributed by atoms with E-state index < -0.39 is 46.2 Å². The second-order valence-corrected chi connectivity index (χ2v) is 9.12. The third-order valence-electron chi connectivity index (χ3n) is 4.88. The maximum Gasteiger partial charge on any atom is 0.322 e. The first-order valence-electron chi connectivity index (χ1n) is 9.42. The fourth-order valence-corrected chi connectivity index (χ4v) is 4.28. The minimum Gasteiger partial charge on any atom is -0.318 e. The monoisotopic (exact) mass is 459 g/mol. The number of likely N-dealkylation sites (tertiary alicyclic amines) is 1. The summed E-state index contributed by atoms with van der Waals surface area (Å²) in [5, 5.41) is 2.44. The van der Waals surface area contributed by atoms with E-state index in [0.29, 0.717) is 0 Å². The van der Waals surface area contributed by atoms with Gasteiger partial charge >= 0.3 is 6.03 Å². The lowest BCUT2D eigenvalue weighted by molar-refractivity contribution is -0.0409. The summed E-state index contributed by atoms with van der Waals surface area (Å²) >= 11 is 0. The summed E-state index contributed by atoms with van der Waals surface area (Å²) in [6.45, 7) is -1.05. The zero-order chi connectivity index (χ0) is 22.8. The first-order chi connectivity index (χ1) is 14.5. The van der Waals surface area contributed by atoms with Gasteiger partial charge in [-0.2, -0.15) is 0 Å². The van der Waals surface area contributed by atoms with Gasteiger partial charge in [-0.1, -0.05) is 24.3 Å². The van der Waals surface area contributed by atoms with Crippen molar-refractivity contribution >= 4 is 21.7 Å². The van der Waals surface area contributed by atoms with Gasteiger partial charge in [0.2, 0.25) is 10.0 Å². The number of sulfonamides is 1. The van der Waals surface area contributed by atoms with Crippen LogP contribution in [0.3, 0.4) is 0 Å². The van der Waals surface area contributed by atoms with E-state index in [1.54, 1.807) is 0 Å². The number of para-hydroxylation sites is 1. The molecule has 1 heterocycles. The molecule has 2 N–H and O–H groups in total. The molecule has 0 radical (unpaired) electrons. The molecule has 3 rings (SSSR count). The standard InChI is InChI=1S/C20H21F4N3O3S/c1-31(29,30)26-17-10-5-11-27(12-20(17,23)24)19(28)25-16-9-3-2-6-13(16)18-14(21)7-4-8-15(18)22/h2-4,6-9,17,26H,5,10-12H2,1H3,(H,25,28). The minimum atomic E-state index is -3.86. The Morgan fingerprint density at radius 1 is 1.10 bits per heavy atom. The fourth-order valence-electron chi connectivity index (χ4n) is 3.48. The first kappa shape index (κ1) is 23.0. The Balaban J connectivity index is 1.83. The number of nitrogens with zero attached hydrogens (tertiary/aromatic N) is 1. The van der Waals surface area contributed by atoms with Crippen molar-refractivity contribution in [1.29, 1.82) is 0 Å². The fraction of sp³-hybridized carbons (Fsp3) is 0.350. The second-order valence-electron chi connectivity index (χ2n) is 7.34. The van der Waals surface area contributed by atoms with Crippen LogP contribution in [0.1, 0.15) is 12.8 Å². The van der Waals surface area contributed by atoms with Crippen LogP contribution >= 0.6 is 0 Å². The van der Waals surface area contributed by atoms with Crippen LogP contribution in [0, 0.1) is 11.6 Å². The van der Waals surface area contributed by atoms with E-state index in [1.807, 2.05) is 4.72 Å². The summed E-state index contributed by atoms with van der Waals surface area (Å²) in [7, 11) is -3.86. The lowest BCUT2D eigenvalue weighted by Crippen LogP contribution is -2.52. The molecular formula is C20H21F4N3O3S. The lowest BCUT2D eigenvalue weighted by Gasteiger charge is -2.28. The van der Waals surface area contributed by atoms with E-state index in [1.165, 1.54) is 30.3 Å². The second kappa shape index (κ2) is 8.83. The molecular weight excluding hydrogens is 438 g/mol. The molecule has 2 aromatic carbocycles. The molecule has 1 unspecified atom stereocenters. The molecule has 1 atom stereocenters. The number of halogens is 4. The third kappa shape index (κ3) is 5.53. The largest absolute Gasteiger partial charge is 0.322 e. The van der Waals surface area contributed by atoms with E-state index >= 15 is 0 Å². The summed E-state index contributed by atoms with van der Waals surface area (Å²) in [4.78, 5) is 13.6. The number of hydrogen-bond acceptors (Lipinski definition) is 3. The number of rotatable bonds is 4. The van der Waals surface area contributed by atoms with Gasteiger partial charge in [0.15, 0.2) is 0 Å². The molecule has 6 nitrogen and oxygen atoms in total. The van der Waals surface area contributed by atoms with Crippen molar-refractivity contribution in [2.45, 2.75) is 24.8 Å². The highest BCUT2D eigenvalue weighted by atomic mass is 32.2. The van der Waals surface area contributed by atoms with E-state index in [9.17, 15) is 30.8 Å². The Morgan fingerprint density at radius 3 is 2.39 bits per heavy atom. The molecule has 1 fully saturated rings. The number of amides is 2. The molecule has 0 saturated carbocycles. The highest BCUT2D eigenvalue weighted by Crippen LogP contribution is 2.33. The molecule has 1 aliphatic heterocycles. The maximum atomic E-state index is 14.6. The molecule has 2 aromatic rings. The summed E-state index contributed by atoms with van der Waals surface area (Å²) in [5.41, 5.74) is -0.239. The van der Waals surface area contributed by atoms with E-state index in [0.717, 1.165) is 23.3 Å². The van der Waals surface area contributed by atoms with Crippen LogP contribution < -0.4 is 10.0 Å². The van der Waals surface area contributed by atoms with Gasteiger partial charge in [-0.25, -0.2) is 35.5 Å². The van der Waals surface area contributed by atoms with Crippen LogP contribution in [-0.2, 0) is 10.0 Å². The Bertz CT molecular complexity index is 1060. The zero-order valence-electron chi connectivity index (χ0n) is 16.5. The number of urea groups is 1. The summed E-state index contributed by atoms with van der Waals surface area (Å²) < 4.78 is 82.4. The van der Waals surface area contributed by atoms with Crippen molar-refractivity contribution in [1.82, 2.24) is 9.62 Å². The van der Waals surface area contributed by atoms with Crippen molar-refractivity contribution < 1.29 is 30.8 Å². The highest BCUT2D eigenvalue weighted by molar-refractivity contribution is 7.88. The number of anilines is 1. The number of carbonyl (C=O) groups excluding carboxylic acids is 1. The van der Waals surface area contributed by atoms with Gasteiger partial charge in [0.05, 0.1) is 30.1 Å². The molecule has 1 saturated heterocycles. The number of carbonyl (C=O) groups is 1. The molecule has 0 aromatic heterocycles. The van der Waals surface area contributed by atoms with Crippen LogP contribution in [0.5, 0.6) is 0 Å². The first-order valence-corrected chi connectivity index (χ1v) is 11.3. The van der Waals surface area contributed by atoms with Gasteiger partial charge < -0.3 is 10.2 Å². The van der Waals surface area contributed by atoms with E-state index in [4.69, 9.17) is 0 Å². The van der Waals surface area contributed by atoms with Crippen LogP contribution in [0.4, 0.5) is 28.0 Å². The van der Waals surface area contributed by atoms with Gasteiger partial charge in [0.1, 0.15) is 11.6 Å². The Kier molecular flexibility index (Phi) is 6.56.